The summed E-state index contributed by atoms with van der Waals surface area (Å²) in [7, 11) is 1.57. The molecule has 1 aromatic heterocycles. The van der Waals surface area contributed by atoms with Gasteiger partial charge in [0.05, 0.1) is 34.3 Å². The molecule has 0 aliphatic carbocycles. The minimum atomic E-state index is -0.237. The Bertz CT molecular complexity index is 1570. The Balaban J connectivity index is 1.71. The highest BCUT2D eigenvalue weighted by atomic mass is 79.9. The second-order valence-corrected chi connectivity index (χ2v) is 9.88. The lowest BCUT2D eigenvalue weighted by Crippen LogP contribution is -2.22. The molecule has 0 fully saturated rings. The number of benzene rings is 3. The first-order valence-corrected chi connectivity index (χ1v) is 13.0. The molecule has 0 spiro atoms. The summed E-state index contributed by atoms with van der Waals surface area (Å²) in [5.74, 6) is 1.69. The lowest BCUT2D eigenvalue weighted by atomic mass is 10.1. The van der Waals surface area contributed by atoms with E-state index < -0.39 is 0 Å². The number of rotatable bonds is 9. The van der Waals surface area contributed by atoms with Gasteiger partial charge in [0.2, 0.25) is 0 Å². The van der Waals surface area contributed by atoms with Gasteiger partial charge in [0.25, 0.3) is 5.56 Å². The molecule has 0 radical (unpaired) electrons. The molecule has 190 valence electrons. The van der Waals surface area contributed by atoms with Crippen molar-refractivity contribution in [3.05, 3.63) is 109 Å². The van der Waals surface area contributed by atoms with Crippen LogP contribution in [0.3, 0.4) is 0 Å². The summed E-state index contributed by atoms with van der Waals surface area (Å²) in [4.78, 5) is 17.8. The van der Waals surface area contributed by atoms with E-state index in [9.17, 15) is 4.79 Å². The second-order valence-electron chi connectivity index (χ2n) is 8.15. The van der Waals surface area contributed by atoms with Crippen LogP contribution in [0.25, 0.3) is 10.9 Å². The number of aromatic nitrogens is 2. The normalized spacial score (nSPS) is 11.3. The zero-order valence-corrected chi connectivity index (χ0v) is 23.4. The van der Waals surface area contributed by atoms with Gasteiger partial charge >= 0.3 is 0 Å². The largest absolute Gasteiger partial charge is 0.493 e. The number of halogens is 3. The fourth-order valence-corrected chi connectivity index (χ4v) is 4.51. The standard InChI is InChI=1S/C28H24BrCl2N3O3/c1-4-6-19-11-18(13-25(36-3)27(19)37-16-17-7-9-22(30)23(31)12-17)15-32-34-26(5-2)33-24-10-8-20(29)14-21(24)28(34)35/h4,7-15H,1,5-6,16H2,2-3H3. The first-order chi connectivity index (χ1) is 17.8. The highest BCUT2D eigenvalue weighted by Gasteiger charge is 2.14. The van der Waals surface area contributed by atoms with Crippen molar-refractivity contribution in [3.8, 4) is 11.5 Å². The van der Waals surface area contributed by atoms with E-state index in [-0.39, 0.29) is 12.2 Å². The molecular formula is C28H24BrCl2N3O3. The molecule has 0 aliphatic heterocycles. The third kappa shape index (κ3) is 6.06. The van der Waals surface area contributed by atoms with E-state index in [0.29, 0.717) is 51.1 Å². The SMILES string of the molecule is C=CCc1cc(C=Nn2c(CC)nc3ccc(Br)cc3c2=O)cc(OC)c1OCc1ccc(Cl)c(Cl)c1. The van der Waals surface area contributed by atoms with Crippen LogP contribution in [0.4, 0.5) is 0 Å². The summed E-state index contributed by atoms with van der Waals surface area (Å²) in [6.07, 6.45) is 4.49. The van der Waals surface area contributed by atoms with Crippen LogP contribution in [0.5, 0.6) is 11.5 Å². The van der Waals surface area contributed by atoms with E-state index in [2.05, 4.69) is 32.6 Å². The maximum atomic E-state index is 13.2. The maximum absolute atomic E-state index is 13.2. The van der Waals surface area contributed by atoms with Gasteiger partial charge in [0, 0.05) is 16.5 Å². The van der Waals surface area contributed by atoms with Gasteiger partial charge in [-0.1, -0.05) is 58.2 Å². The van der Waals surface area contributed by atoms with Crippen LogP contribution in [-0.2, 0) is 19.4 Å². The molecular weight excluding hydrogens is 577 g/mol. The molecule has 4 aromatic rings. The number of allylic oxidation sites excluding steroid dienone is 1. The molecule has 0 atom stereocenters. The van der Waals surface area contributed by atoms with E-state index in [1.807, 2.05) is 37.3 Å². The average Bonchev–Trinajstić information content (AvgIpc) is 2.89. The number of ether oxygens (including phenoxy) is 2. The minimum Gasteiger partial charge on any atom is -0.493 e. The van der Waals surface area contributed by atoms with E-state index in [0.717, 1.165) is 21.2 Å². The van der Waals surface area contributed by atoms with Gasteiger partial charge in [0.1, 0.15) is 12.4 Å². The zero-order chi connectivity index (χ0) is 26.5. The van der Waals surface area contributed by atoms with Crippen LogP contribution in [0.15, 0.2) is 75.6 Å². The number of hydrogen-bond donors (Lipinski definition) is 0. The molecule has 37 heavy (non-hydrogen) atoms. The van der Waals surface area contributed by atoms with Gasteiger partial charge in [-0.2, -0.15) is 9.78 Å². The van der Waals surface area contributed by atoms with Gasteiger partial charge in [-0.15, -0.1) is 6.58 Å². The number of hydrogen-bond acceptors (Lipinski definition) is 5. The number of aryl methyl sites for hydroxylation is 1. The number of methoxy groups -OCH3 is 1. The summed E-state index contributed by atoms with van der Waals surface area (Å²) in [5.41, 5.74) is 2.86. The highest BCUT2D eigenvalue weighted by molar-refractivity contribution is 9.10. The predicted octanol–water partition coefficient (Wildman–Crippen LogP) is 7.23. The highest BCUT2D eigenvalue weighted by Crippen LogP contribution is 2.34. The smallest absolute Gasteiger partial charge is 0.282 e. The fraction of sp³-hybridized carbons (Fsp3) is 0.179. The van der Waals surface area contributed by atoms with E-state index >= 15 is 0 Å². The van der Waals surface area contributed by atoms with E-state index in [1.165, 1.54) is 4.68 Å². The van der Waals surface area contributed by atoms with E-state index in [4.69, 9.17) is 32.7 Å². The Hall–Kier alpha value is -3.13. The topological polar surface area (TPSA) is 65.7 Å². The average molecular weight is 601 g/mol. The van der Waals surface area contributed by atoms with Crippen molar-refractivity contribution in [2.24, 2.45) is 5.10 Å². The maximum Gasteiger partial charge on any atom is 0.282 e. The van der Waals surface area contributed by atoms with Crippen molar-refractivity contribution >= 4 is 56.2 Å². The number of nitrogens with zero attached hydrogens (tertiary/aromatic N) is 3. The predicted molar refractivity (Wildman–Crippen MR) is 154 cm³/mol. The Morgan fingerprint density at radius 1 is 1.14 bits per heavy atom. The van der Waals surface area contributed by atoms with Crippen LogP contribution < -0.4 is 15.0 Å². The van der Waals surface area contributed by atoms with Crippen LogP contribution in [-0.4, -0.2) is 23.0 Å². The molecule has 1 heterocycles. The quantitative estimate of drug-likeness (QED) is 0.150. The van der Waals surface area contributed by atoms with Gasteiger partial charge < -0.3 is 9.47 Å². The first-order valence-electron chi connectivity index (χ1n) is 11.5. The van der Waals surface area contributed by atoms with Crippen LogP contribution in [0, 0.1) is 0 Å². The summed E-state index contributed by atoms with van der Waals surface area (Å²) >= 11 is 15.6. The Kier molecular flexibility index (Phi) is 8.69. The lowest BCUT2D eigenvalue weighted by molar-refractivity contribution is 0.282. The Morgan fingerprint density at radius 3 is 2.65 bits per heavy atom. The van der Waals surface area contributed by atoms with Crippen molar-refractivity contribution < 1.29 is 9.47 Å². The minimum absolute atomic E-state index is 0.237. The van der Waals surface area contributed by atoms with Crippen molar-refractivity contribution in [1.82, 2.24) is 9.66 Å². The molecule has 0 unspecified atom stereocenters. The van der Waals surface area contributed by atoms with Crippen LogP contribution >= 0.6 is 39.1 Å². The summed E-state index contributed by atoms with van der Waals surface area (Å²) in [6, 6.07) is 14.5. The molecule has 0 amide bonds. The van der Waals surface area contributed by atoms with Crippen LogP contribution in [0.2, 0.25) is 10.0 Å². The molecule has 0 saturated carbocycles. The molecule has 6 nitrogen and oxygen atoms in total. The van der Waals surface area contributed by atoms with E-state index in [1.54, 1.807) is 37.6 Å². The van der Waals surface area contributed by atoms with Crippen molar-refractivity contribution in [3.63, 3.8) is 0 Å². The number of fused-ring (bicyclic) bond motifs is 1. The Morgan fingerprint density at radius 2 is 1.95 bits per heavy atom. The third-order valence-corrected chi connectivity index (χ3v) is 6.85. The van der Waals surface area contributed by atoms with Crippen molar-refractivity contribution in [1.29, 1.82) is 0 Å². The zero-order valence-electron chi connectivity index (χ0n) is 20.3. The monoisotopic (exact) mass is 599 g/mol. The third-order valence-electron chi connectivity index (χ3n) is 5.62. The van der Waals surface area contributed by atoms with Crippen molar-refractivity contribution in [2.45, 2.75) is 26.4 Å². The molecule has 9 heteroatoms. The molecule has 3 aromatic carbocycles. The van der Waals surface area contributed by atoms with Gasteiger partial charge in [-0.3, -0.25) is 4.79 Å². The van der Waals surface area contributed by atoms with Gasteiger partial charge in [-0.05, 0) is 60.0 Å². The molecule has 0 N–H and O–H groups in total. The summed E-state index contributed by atoms with van der Waals surface area (Å²) < 4.78 is 13.9. The van der Waals surface area contributed by atoms with Crippen LogP contribution in [0.1, 0.15) is 29.4 Å². The first kappa shape index (κ1) is 26.9. The summed E-state index contributed by atoms with van der Waals surface area (Å²) in [6.45, 7) is 6.08. The molecule has 4 rings (SSSR count). The Labute approximate surface area is 233 Å². The molecule has 0 aliphatic rings. The van der Waals surface area contributed by atoms with Gasteiger partial charge in [0.15, 0.2) is 11.5 Å². The van der Waals surface area contributed by atoms with Gasteiger partial charge in [-0.25, -0.2) is 4.98 Å². The second kappa shape index (κ2) is 11.9. The molecule has 0 bridgehead atoms. The fourth-order valence-electron chi connectivity index (χ4n) is 3.83. The molecule has 0 saturated heterocycles. The van der Waals surface area contributed by atoms with Crippen molar-refractivity contribution in [2.75, 3.05) is 7.11 Å². The lowest BCUT2D eigenvalue weighted by Gasteiger charge is -2.16. The summed E-state index contributed by atoms with van der Waals surface area (Å²) in [5, 5.41) is 5.93.